The van der Waals surface area contributed by atoms with Gasteiger partial charge in [-0.3, -0.25) is 14.7 Å². The van der Waals surface area contributed by atoms with Crippen molar-refractivity contribution in [2.45, 2.75) is 26.3 Å². The Hall–Kier alpha value is -2.62. The van der Waals surface area contributed by atoms with Crippen LogP contribution in [0, 0.1) is 5.82 Å². The number of nitrogens with zero attached hydrogens (tertiary/aromatic N) is 3. The number of ether oxygens (including phenoxy) is 1. The summed E-state index contributed by atoms with van der Waals surface area (Å²) in [6.07, 6.45) is -0.434. The van der Waals surface area contributed by atoms with E-state index in [0.717, 1.165) is 0 Å². The molecule has 0 saturated carbocycles. The number of anilines is 2. The Labute approximate surface area is 163 Å². The second kappa shape index (κ2) is 8.60. The van der Waals surface area contributed by atoms with Gasteiger partial charge in [0.25, 0.3) is 0 Å². The lowest BCUT2D eigenvalue weighted by atomic mass is 9.69. The molecule has 0 unspecified atom stereocenters. The minimum absolute atomic E-state index is 0.0418. The third-order valence-corrected chi connectivity index (χ3v) is 4.93. The molecule has 0 spiro atoms. The Morgan fingerprint density at radius 3 is 2.75 bits per heavy atom. The highest BCUT2D eigenvalue weighted by Gasteiger charge is 2.33. The SMILES string of the molecule is CC(=O)BC[C@H]1CN(c2ccc(N3CCNN(C(C)=O)CC3)c(F)c2)C(=O)O1. The number of benzene rings is 1. The fraction of sp³-hybridized carbons (Fsp3) is 0.500. The van der Waals surface area contributed by atoms with Gasteiger partial charge < -0.3 is 14.4 Å². The van der Waals surface area contributed by atoms with Crippen LogP contribution in [-0.4, -0.2) is 68.8 Å². The fourth-order valence-corrected chi connectivity index (χ4v) is 3.41. The average molecular weight is 390 g/mol. The van der Waals surface area contributed by atoms with Gasteiger partial charge in [0.05, 0.1) is 30.1 Å². The number of amides is 2. The van der Waals surface area contributed by atoms with Crippen molar-refractivity contribution in [2.75, 3.05) is 42.5 Å². The molecule has 3 rings (SSSR count). The van der Waals surface area contributed by atoms with Gasteiger partial charge in [-0.1, -0.05) is 0 Å². The third-order valence-electron chi connectivity index (χ3n) is 4.93. The van der Waals surface area contributed by atoms with Crippen molar-refractivity contribution in [2.24, 2.45) is 0 Å². The Morgan fingerprint density at radius 1 is 1.29 bits per heavy atom. The first-order valence-corrected chi connectivity index (χ1v) is 9.39. The van der Waals surface area contributed by atoms with Gasteiger partial charge in [0.1, 0.15) is 11.9 Å². The van der Waals surface area contributed by atoms with Crippen LogP contribution in [0.3, 0.4) is 0 Å². The standard InChI is InChI=1S/C18H24BFN4O4/c1-12(25)19-10-15-11-23(18(27)28-15)14-3-4-17(16(20)9-14)22-6-5-21-24(8-7-22)13(2)26/h3-4,9,15,19,21H,5-8,10-11H2,1-2H3/t15-/m0/s1. The molecule has 2 aliphatic rings. The molecule has 1 atom stereocenters. The lowest BCUT2D eigenvalue weighted by molar-refractivity contribution is -0.131. The zero-order valence-electron chi connectivity index (χ0n) is 16.1. The van der Waals surface area contributed by atoms with Gasteiger partial charge in [0, 0.05) is 26.6 Å². The largest absolute Gasteiger partial charge is 0.445 e. The van der Waals surface area contributed by atoms with Crippen molar-refractivity contribution in [1.29, 1.82) is 0 Å². The smallest absolute Gasteiger partial charge is 0.414 e. The molecule has 1 aromatic rings. The van der Waals surface area contributed by atoms with Crippen LogP contribution in [-0.2, 0) is 14.3 Å². The molecule has 0 radical (unpaired) electrons. The van der Waals surface area contributed by atoms with Crippen LogP contribution in [0.15, 0.2) is 18.2 Å². The molecule has 2 saturated heterocycles. The topological polar surface area (TPSA) is 82.2 Å². The van der Waals surface area contributed by atoms with Gasteiger partial charge >= 0.3 is 6.09 Å². The predicted octanol–water partition coefficient (Wildman–Crippen LogP) is 0.725. The summed E-state index contributed by atoms with van der Waals surface area (Å²) in [4.78, 5) is 38.0. The Balaban J connectivity index is 1.68. The first-order valence-electron chi connectivity index (χ1n) is 9.39. The normalized spacial score (nSPS) is 20.0. The van der Waals surface area contributed by atoms with Crippen LogP contribution >= 0.6 is 0 Å². The minimum Gasteiger partial charge on any atom is -0.445 e. The molecular formula is C18H24BFN4O4. The average Bonchev–Trinajstić information content (AvgIpc) is 2.85. The number of cyclic esters (lactones) is 1. The zero-order valence-corrected chi connectivity index (χ0v) is 16.1. The summed E-state index contributed by atoms with van der Waals surface area (Å²) in [6, 6.07) is 4.66. The number of hydrogen-bond acceptors (Lipinski definition) is 6. The molecule has 0 aromatic heterocycles. The van der Waals surface area contributed by atoms with Gasteiger partial charge in [-0.05, 0) is 31.4 Å². The van der Waals surface area contributed by atoms with Crippen LogP contribution in [0.5, 0.6) is 0 Å². The van der Waals surface area contributed by atoms with E-state index in [1.165, 1.54) is 29.8 Å². The van der Waals surface area contributed by atoms with Crippen LogP contribution < -0.4 is 15.2 Å². The van der Waals surface area contributed by atoms with E-state index in [2.05, 4.69) is 5.43 Å². The monoisotopic (exact) mass is 390 g/mol. The molecule has 150 valence electrons. The lowest BCUT2D eigenvalue weighted by Gasteiger charge is -2.24. The quantitative estimate of drug-likeness (QED) is 0.747. The van der Waals surface area contributed by atoms with E-state index in [0.29, 0.717) is 57.7 Å². The van der Waals surface area contributed by atoms with E-state index in [1.807, 2.05) is 4.90 Å². The molecule has 1 N–H and O–H groups in total. The van der Waals surface area contributed by atoms with Crippen LogP contribution in [0.4, 0.5) is 20.6 Å². The Bertz CT molecular complexity index is 778. The summed E-state index contributed by atoms with van der Waals surface area (Å²) < 4.78 is 20.1. The molecule has 8 nitrogen and oxygen atoms in total. The summed E-state index contributed by atoms with van der Waals surface area (Å²) in [5.41, 5.74) is 3.91. The lowest BCUT2D eigenvalue weighted by Crippen LogP contribution is -2.42. The molecule has 28 heavy (non-hydrogen) atoms. The zero-order chi connectivity index (χ0) is 20.3. The van der Waals surface area contributed by atoms with Crippen molar-refractivity contribution in [3.63, 3.8) is 0 Å². The second-order valence-electron chi connectivity index (χ2n) is 7.06. The third kappa shape index (κ3) is 4.62. The first-order chi connectivity index (χ1) is 13.3. The summed E-state index contributed by atoms with van der Waals surface area (Å²) in [6.45, 7) is 5.31. The summed E-state index contributed by atoms with van der Waals surface area (Å²) in [5.74, 6) is -0.515. The molecule has 2 amide bonds. The molecule has 1 aromatic carbocycles. The van der Waals surface area contributed by atoms with E-state index in [1.54, 1.807) is 12.1 Å². The number of halogens is 1. The molecule has 0 bridgehead atoms. The maximum atomic E-state index is 14.8. The van der Waals surface area contributed by atoms with Gasteiger partial charge in [0.15, 0.2) is 0 Å². The number of nitrogens with one attached hydrogen (secondary N) is 1. The van der Waals surface area contributed by atoms with E-state index >= 15 is 0 Å². The van der Waals surface area contributed by atoms with Crippen molar-refractivity contribution in [3.8, 4) is 0 Å². The maximum absolute atomic E-state index is 14.8. The summed E-state index contributed by atoms with van der Waals surface area (Å²) in [5, 5.41) is 1.52. The number of hydrogen-bond donors (Lipinski definition) is 1. The van der Waals surface area contributed by atoms with Crippen molar-refractivity contribution in [3.05, 3.63) is 24.0 Å². The van der Waals surface area contributed by atoms with Gasteiger partial charge in [-0.25, -0.2) is 14.6 Å². The van der Waals surface area contributed by atoms with Crippen molar-refractivity contribution < 1.29 is 23.5 Å². The van der Waals surface area contributed by atoms with Crippen LogP contribution in [0.25, 0.3) is 0 Å². The summed E-state index contributed by atoms with van der Waals surface area (Å²) in [7, 11) is 0.347. The summed E-state index contributed by atoms with van der Waals surface area (Å²) >= 11 is 0. The van der Waals surface area contributed by atoms with Gasteiger partial charge in [-0.15, -0.1) is 0 Å². The number of carbonyl (C=O) groups excluding carboxylic acids is 3. The molecule has 10 heteroatoms. The second-order valence-corrected chi connectivity index (χ2v) is 7.06. The van der Waals surface area contributed by atoms with Gasteiger partial charge in [0.2, 0.25) is 13.2 Å². The molecule has 0 aliphatic carbocycles. The highest BCUT2D eigenvalue weighted by molar-refractivity contribution is 6.73. The van der Waals surface area contributed by atoms with Crippen LogP contribution in [0.1, 0.15) is 13.8 Å². The fourth-order valence-electron chi connectivity index (χ4n) is 3.41. The maximum Gasteiger partial charge on any atom is 0.414 e. The van der Waals surface area contributed by atoms with Crippen molar-refractivity contribution in [1.82, 2.24) is 10.4 Å². The molecule has 2 heterocycles. The Morgan fingerprint density at radius 2 is 2.07 bits per heavy atom. The predicted molar refractivity (Wildman–Crippen MR) is 104 cm³/mol. The highest BCUT2D eigenvalue weighted by Crippen LogP contribution is 2.28. The number of rotatable bonds is 5. The van der Waals surface area contributed by atoms with Crippen molar-refractivity contribution >= 4 is 36.3 Å². The van der Waals surface area contributed by atoms with E-state index in [9.17, 15) is 18.8 Å². The van der Waals surface area contributed by atoms with E-state index < -0.39 is 11.9 Å². The highest BCUT2D eigenvalue weighted by atomic mass is 19.1. The molecule has 2 fully saturated rings. The molecule has 2 aliphatic heterocycles. The Kier molecular flexibility index (Phi) is 6.18. The van der Waals surface area contributed by atoms with Gasteiger partial charge in [-0.2, -0.15) is 0 Å². The van der Waals surface area contributed by atoms with E-state index in [4.69, 9.17) is 4.74 Å². The number of carbonyl (C=O) groups is 3. The number of hydrazine groups is 1. The van der Waals surface area contributed by atoms with E-state index in [-0.39, 0.29) is 17.7 Å². The minimum atomic E-state index is -0.531. The first kappa shape index (κ1) is 20.1. The van der Waals surface area contributed by atoms with Crippen LogP contribution in [0.2, 0.25) is 6.32 Å². The molecular weight excluding hydrogens is 366 g/mol.